The van der Waals surface area contributed by atoms with E-state index < -0.39 is 0 Å². The molecule has 1 heterocycles. The maximum absolute atomic E-state index is 5.71. The quantitative estimate of drug-likeness (QED) is 0.592. The predicted molar refractivity (Wildman–Crippen MR) is 107 cm³/mol. The number of ether oxygens (including phenoxy) is 2. The third kappa shape index (κ3) is 4.06. The van der Waals surface area contributed by atoms with E-state index in [0.29, 0.717) is 29.8 Å². The van der Waals surface area contributed by atoms with Crippen molar-refractivity contribution < 1.29 is 9.47 Å². The summed E-state index contributed by atoms with van der Waals surface area (Å²) in [7, 11) is 1.60. The van der Waals surface area contributed by atoms with Crippen molar-refractivity contribution in [3.8, 4) is 11.5 Å². The molecule has 3 aromatic rings. The van der Waals surface area contributed by atoms with Gasteiger partial charge in [-0.05, 0) is 30.7 Å². The highest BCUT2D eigenvalue weighted by Crippen LogP contribution is 2.34. The van der Waals surface area contributed by atoms with Crippen molar-refractivity contribution in [2.24, 2.45) is 0 Å². The Morgan fingerprint density at radius 1 is 1.12 bits per heavy atom. The first-order valence-corrected chi connectivity index (χ1v) is 8.80. The SMILES string of the molecule is C/C=C/c1ccc(Nc2ncnc3cc(OCCCl)c(OC)cc23)cc1. The molecule has 0 aliphatic carbocycles. The number of fused-ring (bicyclic) bond motifs is 1. The topological polar surface area (TPSA) is 56.3 Å². The summed E-state index contributed by atoms with van der Waals surface area (Å²) in [5.74, 6) is 2.34. The van der Waals surface area contributed by atoms with Crippen LogP contribution >= 0.6 is 11.6 Å². The van der Waals surface area contributed by atoms with E-state index in [1.165, 1.54) is 6.33 Å². The smallest absolute Gasteiger partial charge is 0.163 e. The van der Waals surface area contributed by atoms with Crippen LogP contribution in [0.4, 0.5) is 11.5 Å². The second kappa shape index (κ2) is 8.54. The van der Waals surface area contributed by atoms with Gasteiger partial charge in [0, 0.05) is 17.1 Å². The van der Waals surface area contributed by atoms with Crippen molar-refractivity contribution in [1.82, 2.24) is 9.97 Å². The zero-order valence-electron chi connectivity index (χ0n) is 14.7. The number of hydrogen-bond acceptors (Lipinski definition) is 5. The highest BCUT2D eigenvalue weighted by Gasteiger charge is 2.11. The van der Waals surface area contributed by atoms with Crippen LogP contribution in [0.5, 0.6) is 11.5 Å². The zero-order chi connectivity index (χ0) is 18.4. The Morgan fingerprint density at radius 3 is 2.62 bits per heavy atom. The monoisotopic (exact) mass is 369 g/mol. The Bertz CT molecular complexity index is 911. The molecule has 0 radical (unpaired) electrons. The van der Waals surface area contributed by atoms with Crippen LogP contribution in [0.15, 0.2) is 48.8 Å². The largest absolute Gasteiger partial charge is 0.493 e. The first-order valence-electron chi connectivity index (χ1n) is 8.26. The van der Waals surface area contributed by atoms with Crippen LogP contribution in [-0.2, 0) is 0 Å². The number of allylic oxidation sites excluding steroid dienone is 1. The fourth-order valence-electron chi connectivity index (χ4n) is 2.59. The fraction of sp³-hybridized carbons (Fsp3) is 0.200. The van der Waals surface area contributed by atoms with E-state index >= 15 is 0 Å². The molecule has 0 fully saturated rings. The van der Waals surface area contributed by atoms with E-state index in [-0.39, 0.29) is 0 Å². The molecule has 0 saturated heterocycles. The number of alkyl halides is 1. The van der Waals surface area contributed by atoms with Crippen LogP contribution < -0.4 is 14.8 Å². The third-order valence-corrected chi connectivity index (χ3v) is 3.94. The average molecular weight is 370 g/mol. The molecular weight excluding hydrogens is 350 g/mol. The fourth-order valence-corrected chi connectivity index (χ4v) is 2.67. The molecule has 2 aromatic carbocycles. The lowest BCUT2D eigenvalue weighted by molar-refractivity contribution is 0.313. The van der Waals surface area contributed by atoms with Gasteiger partial charge in [-0.25, -0.2) is 9.97 Å². The first-order chi connectivity index (χ1) is 12.7. The molecule has 5 nitrogen and oxygen atoms in total. The van der Waals surface area contributed by atoms with Crippen LogP contribution in [0.1, 0.15) is 12.5 Å². The Hall–Kier alpha value is -2.79. The van der Waals surface area contributed by atoms with Gasteiger partial charge in [-0.3, -0.25) is 0 Å². The molecule has 0 aliphatic rings. The second-order valence-electron chi connectivity index (χ2n) is 5.53. The van der Waals surface area contributed by atoms with E-state index in [1.807, 2.05) is 49.4 Å². The van der Waals surface area contributed by atoms with Crippen LogP contribution in [0, 0.1) is 0 Å². The summed E-state index contributed by atoms with van der Waals surface area (Å²) in [6.45, 7) is 2.40. The van der Waals surface area contributed by atoms with E-state index in [2.05, 4.69) is 21.4 Å². The molecule has 134 valence electrons. The number of nitrogens with zero attached hydrogens (tertiary/aromatic N) is 2. The van der Waals surface area contributed by atoms with Gasteiger partial charge in [-0.2, -0.15) is 0 Å². The Morgan fingerprint density at radius 2 is 1.92 bits per heavy atom. The van der Waals surface area contributed by atoms with Crippen molar-refractivity contribution in [2.45, 2.75) is 6.92 Å². The van der Waals surface area contributed by atoms with Gasteiger partial charge in [0.1, 0.15) is 18.8 Å². The molecule has 1 N–H and O–H groups in total. The van der Waals surface area contributed by atoms with E-state index in [9.17, 15) is 0 Å². The van der Waals surface area contributed by atoms with Gasteiger partial charge >= 0.3 is 0 Å². The number of anilines is 2. The number of halogens is 1. The molecular formula is C20H20ClN3O2. The lowest BCUT2D eigenvalue weighted by Gasteiger charge is -2.13. The number of aromatic nitrogens is 2. The minimum absolute atomic E-state index is 0.401. The lowest BCUT2D eigenvalue weighted by Crippen LogP contribution is -2.01. The highest BCUT2D eigenvalue weighted by atomic mass is 35.5. The molecule has 26 heavy (non-hydrogen) atoms. The van der Waals surface area contributed by atoms with Gasteiger partial charge in [0.05, 0.1) is 18.5 Å². The van der Waals surface area contributed by atoms with Crippen molar-refractivity contribution in [1.29, 1.82) is 0 Å². The third-order valence-electron chi connectivity index (χ3n) is 3.79. The Labute approximate surface area is 157 Å². The maximum Gasteiger partial charge on any atom is 0.163 e. The summed E-state index contributed by atoms with van der Waals surface area (Å²) in [4.78, 5) is 8.71. The number of hydrogen-bond donors (Lipinski definition) is 1. The van der Waals surface area contributed by atoms with E-state index in [0.717, 1.165) is 22.2 Å². The molecule has 0 unspecified atom stereocenters. The molecule has 0 saturated carbocycles. The molecule has 0 spiro atoms. The van der Waals surface area contributed by atoms with Crippen LogP contribution in [0.25, 0.3) is 17.0 Å². The lowest BCUT2D eigenvalue weighted by atomic mass is 10.1. The maximum atomic E-state index is 5.71. The predicted octanol–water partition coefficient (Wildman–Crippen LogP) is 5.03. The Balaban J connectivity index is 1.95. The number of methoxy groups -OCH3 is 1. The second-order valence-corrected chi connectivity index (χ2v) is 5.90. The summed E-state index contributed by atoms with van der Waals surface area (Å²) in [5.41, 5.74) is 2.85. The molecule has 1 aromatic heterocycles. The first kappa shape index (κ1) is 18.0. The van der Waals surface area contributed by atoms with Gasteiger partial charge in [0.15, 0.2) is 11.5 Å². The molecule has 3 rings (SSSR count). The van der Waals surface area contributed by atoms with E-state index in [4.69, 9.17) is 21.1 Å². The number of nitrogens with one attached hydrogen (secondary N) is 1. The van der Waals surface area contributed by atoms with Crippen molar-refractivity contribution in [3.63, 3.8) is 0 Å². The molecule has 0 bridgehead atoms. The normalized spacial score (nSPS) is 11.0. The highest BCUT2D eigenvalue weighted by molar-refractivity contribution is 6.18. The molecule has 6 heteroatoms. The van der Waals surface area contributed by atoms with Crippen molar-refractivity contribution in [2.75, 3.05) is 24.9 Å². The van der Waals surface area contributed by atoms with Gasteiger partial charge in [0.2, 0.25) is 0 Å². The summed E-state index contributed by atoms with van der Waals surface area (Å²) >= 11 is 5.71. The number of benzene rings is 2. The molecule has 0 atom stereocenters. The van der Waals surface area contributed by atoms with Gasteiger partial charge in [-0.15, -0.1) is 11.6 Å². The van der Waals surface area contributed by atoms with Crippen LogP contribution in [0.2, 0.25) is 0 Å². The number of rotatable bonds is 7. The average Bonchev–Trinajstić information content (AvgIpc) is 2.67. The standard InChI is InChI=1S/C20H20ClN3O2/c1-3-4-14-5-7-15(8-6-14)24-20-16-11-18(25-2)19(26-10-9-21)12-17(16)22-13-23-20/h3-8,11-13H,9-10H2,1-2H3,(H,22,23,24)/b4-3+. The summed E-state index contributed by atoms with van der Waals surface area (Å²) in [6.07, 6.45) is 5.59. The van der Waals surface area contributed by atoms with Gasteiger partial charge in [0.25, 0.3) is 0 Å². The van der Waals surface area contributed by atoms with Gasteiger partial charge < -0.3 is 14.8 Å². The molecule has 0 amide bonds. The van der Waals surface area contributed by atoms with Crippen LogP contribution in [0.3, 0.4) is 0 Å². The zero-order valence-corrected chi connectivity index (χ0v) is 15.5. The van der Waals surface area contributed by atoms with E-state index in [1.54, 1.807) is 7.11 Å². The van der Waals surface area contributed by atoms with Crippen molar-refractivity contribution >= 4 is 40.1 Å². The summed E-state index contributed by atoms with van der Waals surface area (Å²) < 4.78 is 11.1. The van der Waals surface area contributed by atoms with Crippen LogP contribution in [-0.4, -0.2) is 29.6 Å². The van der Waals surface area contributed by atoms with Crippen molar-refractivity contribution in [3.05, 3.63) is 54.4 Å². The van der Waals surface area contributed by atoms with Gasteiger partial charge in [-0.1, -0.05) is 24.3 Å². The summed E-state index contributed by atoms with van der Waals surface area (Å²) in [5, 5.41) is 4.18. The minimum Gasteiger partial charge on any atom is -0.493 e. The Kier molecular flexibility index (Phi) is 5.92. The summed E-state index contributed by atoms with van der Waals surface area (Å²) in [6, 6.07) is 11.8. The minimum atomic E-state index is 0.401. The molecule has 0 aliphatic heterocycles.